The van der Waals surface area contributed by atoms with Crippen molar-refractivity contribution in [1.29, 1.82) is 0 Å². The fraction of sp³-hybridized carbons (Fsp3) is 0.700. The third-order valence-electron chi connectivity index (χ3n) is 4.45. The summed E-state index contributed by atoms with van der Waals surface area (Å²) in [4.78, 5) is 77.9. The zero-order chi connectivity index (χ0) is 24.1. The van der Waals surface area contributed by atoms with Gasteiger partial charge in [0, 0.05) is 52.1 Å². The average molecular weight is 472 g/mol. The van der Waals surface area contributed by atoms with E-state index in [9.17, 15) is 28.8 Å². The number of hydroxylamine groups is 4. The monoisotopic (exact) mass is 472 g/mol. The van der Waals surface area contributed by atoms with E-state index in [-0.39, 0.29) is 51.7 Å². The minimum absolute atomic E-state index is 0.0502. The molecule has 0 N–H and O–H groups in total. The van der Waals surface area contributed by atoms with Crippen molar-refractivity contribution in [1.82, 2.24) is 10.1 Å². The highest BCUT2D eigenvalue weighted by atomic mass is 16.7. The molecule has 2 heterocycles. The van der Waals surface area contributed by atoms with E-state index >= 15 is 0 Å². The smallest absolute Gasteiger partial charge is 0.335 e. The Morgan fingerprint density at radius 1 is 0.545 bits per heavy atom. The molecular formula is C20H28N2O11. The van der Waals surface area contributed by atoms with Gasteiger partial charge in [0.1, 0.15) is 0 Å². The largest absolute Gasteiger partial charge is 0.381 e. The highest BCUT2D eigenvalue weighted by Gasteiger charge is 2.33. The lowest BCUT2D eigenvalue weighted by Gasteiger charge is -2.12. The Kier molecular flexibility index (Phi) is 11.4. The standard InChI is InChI=1S/C20H28N2O11/c23-15-3-4-16(24)21(15)32-19(27)7-13-30-11-1-9-29-10-2-12-31-14-8-20(28)33-22-17(25)5-6-18(22)26/h1-14H2. The van der Waals surface area contributed by atoms with Crippen LogP contribution in [-0.2, 0) is 52.7 Å². The summed E-state index contributed by atoms with van der Waals surface area (Å²) in [6.07, 6.45) is 1.27. The predicted octanol–water partition coefficient (Wildman–Crippen LogP) is -0.189. The van der Waals surface area contributed by atoms with E-state index < -0.39 is 35.6 Å². The van der Waals surface area contributed by atoms with Gasteiger partial charge in [-0.05, 0) is 12.8 Å². The highest BCUT2D eigenvalue weighted by Crippen LogP contribution is 2.13. The molecule has 0 aromatic carbocycles. The van der Waals surface area contributed by atoms with Crippen LogP contribution >= 0.6 is 0 Å². The van der Waals surface area contributed by atoms with Crippen LogP contribution in [0.5, 0.6) is 0 Å². The normalized spacial score (nSPS) is 16.1. The maximum Gasteiger partial charge on any atom is 0.335 e. The van der Waals surface area contributed by atoms with Crippen LogP contribution in [0.3, 0.4) is 0 Å². The van der Waals surface area contributed by atoms with Gasteiger partial charge in [-0.3, -0.25) is 19.2 Å². The molecule has 0 aromatic rings. The molecular weight excluding hydrogens is 444 g/mol. The molecule has 0 saturated carbocycles. The summed E-state index contributed by atoms with van der Waals surface area (Å²) in [5.74, 6) is -3.50. The molecule has 0 bridgehead atoms. The summed E-state index contributed by atoms with van der Waals surface area (Å²) >= 11 is 0. The van der Waals surface area contributed by atoms with Gasteiger partial charge in [0.05, 0.1) is 26.1 Å². The van der Waals surface area contributed by atoms with Gasteiger partial charge in [-0.1, -0.05) is 0 Å². The lowest BCUT2D eigenvalue weighted by Crippen LogP contribution is -2.32. The third-order valence-corrected chi connectivity index (χ3v) is 4.45. The second kappa shape index (κ2) is 14.3. The zero-order valence-corrected chi connectivity index (χ0v) is 18.3. The van der Waals surface area contributed by atoms with Crippen molar-refractivity contribution in [2.75, 3.05) is 39.6 Å². The van der Waals surface area contributed by atoms with Crippen molar-refractivity contribution >= 4 is 35.6 Å². The van der Waals surface area contributed by atoms with Crippen LogP contribution in [0.4, 0.5) is 0 Å². The van der Waals surface area contributed by atoms with Crippen LogP contribution in [-0.4, -0.2) is 85.3 Å². The molecule has 184 valence electrons. The number of hydrogen-bond acceptors (Lipinski definition) is 11. The summed E-state index contributed by atoms with van der Waals surface area (Å²) in [5.41, 5.74) is 0. The van der Waals surface area contributed by atoms with E-state index in [4.69, 9.17) is 23.9 Å². The van der Waals surface area contributed by atoms with Gasteiger partial charge >= 0.3 is 11.9 Å². The van der Waals surface area contributed by atoms with Gasteiger partial charge < -0.3 is 23.9 Å². The van der Waals surface area contributed by atoms with Crippen molar-refractivity contribution in [2.45, 2.75) is 51.4 Å². The van der Waals surface area contributed by atoms with Gasteiger partial charge in [-0.15, -0.1) is 10.1 Å². The molecule has 2 aliphatic rings. The Labute approximate surface area is 190 Å². The van der Waals surface area contributed by atoms with Crippen molar-refractivity contribution in [2.24, 2.45) is 0 Å². The first kappa shape index (κ1) is 26.4. The molecule has 0 unspecified atom stereocenters. The first-order valence-corrected chi connectivity index (χ1v) is 10.7. The van der Waals surface area contributed by atoms with E-state index in [2.05, 4.69) is 0 Å². The van der Waals surface area contributed by atoms with E-state index in [0.29, 0.717) is 49.4 Å². The molecule has 0 spiro atoms. The SMILES string of the molecule is O=C(CCOCCCOCCCOCCC(=O)ON1C(=O)CCC1=O)ON1C(=O)CCC1=O. The lowest BCUT2D eigenvalue weighted by molar-refractivity contribution is -0.198. The number of ether oxygens (including phenoxy) is 3. The number of imide groups is 2. The molecule has 2 aliphatic heterocycles. The Balaban J connectivity index is 1.33. The Hall–Kier alpha value is -2.90. The third kappa shape index (κ3) is 9.63. The summed E-state index contributed by atoms with van der Waals surface area (Å²) in [7, 11) is 0. The minimum atomic E-state index is -0.707. The van der Waals surface area contributed by atoms with Crippen LogP contribution in [0.2, 0.25) is 0 Å². The summed E-state index contributed by atoms with van der Waals surface area (Å²) in [6.45, 7) is 1.85. The summed E-state index contributed by atoms with van der Waals surface area (Å²) in [6, 6.07) is 0. The molecule has 2 rings (SSSR count). The van der Waals surface area contributed by atoms with Crippen LogP contribution in [0.1, 0.15) is 51.4 Å². The van der Waals surface area contributed by atoms with Crippen LogP contribution in [0.15, 0.2) is 0 Å². The Morgan fingerprint density at radius 2 is 0.848 bits per heavy atom. The lowest BCUT2D eigenvalue weighted by atomic mass is 10.4. The predicted molar refractivity (Wildman–Crippen MR) is 105 cm³/mol. The number of carbonyl (C=O) groups excluding carboxylic acids is 6. The number of nitrogens with zero attached hydrogens (tertiary/aromatic N) is 2. The van der Waals surface area contributed by atoms with Gasteiger partial charge in [-0.2, -0.15) is 0 Å². The zero-order valence-electron chi connectivity index (χ0n) is 18.3. The van der Waals surface area contributed by atoms with Crippen molar-refractivity contribution in [3.8, 4) is 0 Å². The van der Waals surface area contributed by atoms with Gasteiger partial charge in [0.2, 0.25) is 0 Å². The van der Waals surface area contributed by atoms with Crippen LogP contribution in [0, 0.1) is 0 Å². The number of carbonyl (C=O) groups is 6. The van der Waals surface area contributed by atoms with Gasteiger partial charge in [0.25, 0.3) is 23.6 Å². The van der Waals surface area contributed by atoms with E-state index in [0.717, 1.165) is 0 Å². The molecule has 0 atom stereocenters. The number of rotatable bonds is 16. The topological polar surface area (TPSA) is 155 Å². The van der Waals surface area contributed by atoms with E-state index in [1.54, 1.807) is 0 Å². The van der Waals surface area contributed by atoms with Crippen LogP contribution < -0.4 is 0 Å². The first-order valence-electron chi connectivity index (χ1n) is 10.7. The van der Waals surface area contributed by atoms with E-state index in [1.807, 2.05) is 0 Å². The maximum absolute atomic E-state index is 11.6. The van der Waals surface area contributed by atoms with E-state index in [1.165, 1.54) is 0 Å². The second-order valence-electron chi connectivity index (χ2n) is 7.13. The van der Waals surface area contributed by atoms with Crippen molar-refractivity contribution in [3.63, 3.8) is 0 Å². The molecule has 13 nitrogen and oxygen atoms in total. The fourth-order valence-corrected chi connectivity index (χ4v) is 2.75. The van der Waals surface area contributed by atoms with Gasteiger partial charge in [-0.25, -0.2) is 9.59 Å². The average Bonchev–Trinajstić information content (AvgIpc) is 3.27. The number of amides is 4. The fourth-order valence-electron chi connectivity index (χ4n) is 2.75. The molecule has 0 aromatic heterocycles. The molecule has 13 heteroatoms. The van der Waals surface area contributed by atoms with Crippen molar-refractivity contribution < 1.29 is 52.7 Å². The Bertz CT molecular complexity index is 648. The highest BCUT2D eigenvalue weighted by molar-refractivity contribution is 6.02. The summed E-state index contributed by atoms with van der Waals surface area (Å²) in [5, 5.41) is 1.01. The molecule has 2 fully saturated rings. The molecule has 0 aliphatic carbocycles. The molecule has 4 amide bonds. The number of hydrogen-bond donors (Lipinski definition) is 0. The minimum Gasteiger partial charge on any atom is -0.381 e. The quantitative estimate of drug-likeness (QED) is 0.217. The molecule has 2 saturated heterocycles. The Morgan fingerprint density at radius 3 is 1.18 bits per heavy atom. The van der Waals surface area contributed by atoms with Crippen LogP contribution in [0.25, 0.3) is 0 Å². The maximum atomic E-state index is 11.6. The molecule has 0 radical (unpaired) electrons. The summed E-state index contributed by atoms with van der Waals surface area (Å²) < 4.78 is 16.0. The van der Waals surface area contributed by atoms with Crippen molar-refractivity contribution in [3.05, 3.63) is 0 Å². The van der Waals surface area contributed by atoms with Gasteiger partial charge in [0.15, 0.2) is 0 Å². The first-order chi connectivity index (χ1) is 15.9. The second-order valence-corrected chi connectivity index (χ2v) is 7.13. The molecule has 33 heavy (non-hydrogen) atoms.